The molecule has 0 radical (unpaired) electrons. The molecule has 0 spiro atoms. The van der Waals surface area contributed by atoms with E-state index in [1.807, 2.05) is 0 Å². The van der Waals surface area contributed by atoms with E-state index in [0.717, 1.165) is 6.07 Å². The normalized spacial score (nSPS) is 11.6. The summed E-state index contributed by atoms with van der Waals surface area (Å²) in [5.74, 6) is -2.25. The van der Waals surface area contributed by atoms with Gasteiger partial charge in [-0.2, -0.15) is 0 Å². The minimum Gasteiger partial charge on any atom is -0.386 e. The Morgan fingerprint density at radius 1 is 1.48 bits per heavy atom. The Labute approximate surface area is 119 Å². The molecule has 4 N–H and O–H groups in total. The van der Waals surface area contributed by atoms with Crippen LogP contribution in [0, 0.1) is 15.9 Å². The van der Waals surface area contributed by atoms with Gasteiger partial charge < -0.3 is 16.4 Å². The molecule has 2 amide bonds. The first kappa shape index (κ1) is 16.3. The fourth-order valence-electron chi connectivity index (χ4n) is 1.74. The number of primary amides is 1. The van der Waals surface area contributed by atoms with Gasteiger partial charge >= 0.3 is 0 Å². The van der Waals surface area contributed by atoms with E-state index in [-0.39, 0.29) is 17.7 Å². The highest BCUT2D eigenvalue weighted by atomic mass is 19.1. The molecule has 21 heavy (non-hydrogen) atoms. The molecule has 1 aromatic carbocycles. The summed E-state index contributed by atoms with van der Waals surface area (Å²) in [6, 6.07) is 1.11. The Bertz CT molecular complexity index is 591. The molecular weight excluding hydrogens is 283 g/mol. The number of carbonyl (C=O) groups is 2. The van der Waals surface area contributed by atoms with Crippen LogP contribution in [0.25, 0.3) is 0 Å². The van der Waals surface area contributed by atoms with Crippen molar-refractivity contribution in [2.75, 3.05) is 12.4 Å². The van der Waals surface area contributed by atoms with Crippen molar-refractivity contribution in [2.45, 2.75) is 19.4 Å². The Hall–Kier alpha value is -2.71. The highest BCUT2D eigenvalue weighted by Crippen LogP contribution is 2.26. The lowest BCUT2D eigenvalue weighted by Crippen LogP contribution is -2.36. The molecule has 1 atom stereocenters. The molecule has 0 bridgehead atoms. The molecule has 1 unspecified atom stereocenters. The molecule has 0 saturated carbocycles. The van der Waals surface area contributed by atoms with E-state index in [9.17, 15) is 24.1 Å². The number of nitro benzene ring substituents is 1. The van der Waals surface area contributed by atoms with Gasteiger partial charge in [-0.15, -0.1) is 0 Å². The van der Waals surface area contributed by atoms with Gasteiger partial charge in [-0.05, 0) is 13.0 Å². The quantitative estimate of drug-likeness (QED) is 0.528. The zero-order chi connectivity index (χ0) is 16.2. The lowest BCUT2D eigenvalue weighted by molar-refractivity contribution is -0.385. The Morgan fingerprint density at radius 3 is 2.57 bits per heavy atom. The van der Waals surface area contributed by atoms with Crippen LogP contribution >= 0.6 is 0 Å². The Kier molecular flexibility index (Phi) is 5.17. The summed E-state index contributed by atoms with van der Waals surface area (Å²) in [6.07, 6.45) is -0.111. The highest BCUT2D eigenvalue weighted by Gasteiger charge is 2.24. The van der Waals surface area contributed by atoms with Gasteiger partial charge in [-0.3, -0.25) is 19.7 Å². The number of hydrogen-bond acceptors (Lipinski definition) is 5. The van der Waals surface area contributed by atoms with Gasteiger partial charge in [-0.25, -0.2) is 4.39 Å². The molecule has 8 nitrogen and oxygen atoms in total. The van der Waals surface area contributed by atoms with E-state index in [2.05, 4.69) is 10.6 Å². The van der Waals surface area contributed by atoms with Crippen molar-refractivity contribution in [1.82, 2.24) is 5.32 Å². The van der Waals surface area contributed by atoms with E-state index in [1.54, 1.807) is 0 Å². The Morgan fingerprint density at radius 2 is 2.10 bits per heavy atom. The van der Waals surface area contributed by atoms with Crippen LogP contribution < -0.4 is 16.4 Å². The van der Waals surface area contributed by atoms with Gasteiger partial charge in [0, 0.05) is 19.5 Å². The summed E-state index contributed by atoms with van der Waals surface area (Å²) >= 11 is 0. The minimum atomic E-state index is -0.851. The van der Waals surface area contributed by atoms with E-state index >= 15 is 0 Å². The van der Waals surface area contributed by atoms with Crippen LogP contribution in [-0.2, 0) is 4.79 Å². The number of nitrogens with one attached hydrogen (secondary N) is 2. The number of benzene rings is 1. The van der Waals surface area contributed by atoms with E-state index in [4.69, 9.17) is 5.73 Å². The third kappa shape index (κ3) is 4.13. The number of nitrogens with zero attached hydrogens (tertiary/aromatic N) is 1. The fourth-order valence-corrected chi connectivity index (χ4v) is 1.74. The summed E-state index contributed by atoms with van der Waals surface area (Å²) in [6.45, 7) is 1.52. The predicted octanol–water partition coefficient (Wildman–Crippen LogP) is 0.769. The van der Waals surface area contributed by atoms with Crippen LogP contribution in [0.4, 0.5) is 15.8 Å². The zero-order valence-electron chi connectivity index (χ0n) is 11.5. The van der Waals surface area contributed by atoms with Crippen molar-refractivity contribution in [3.63, 3.8) is 0 Å². The minimum absolute atomic E-state index is 0.0479. The smallest absolute Gasteiger partial charge is 0.285 e. The second-order valence-electron chi connectivity index (χ2n) is 4.40. The SMILES string of the molecule is CNc1cc(C(=O)NC(C)CC(N)=O)c([N+](=O)[O-])cc1F. The largest absolute Gasteiger partial charge is 0.386 e. The third-order valence-electron chi connectivity index (χ3n) is 2.68. The molecule has 9 heteroatoms. The molecule has 0 aliphatic carbocycles. The number of carbonyl (C=O) groups excluding carboxylic acids is 2. The molecule has 0 fully saturated rings. The summed E-state index contributed by atoms with van der Waals surface area (Å²) in [5.41, 5.74) is 3.98. The standard InChI is InChI=1S/C12H15FN4O4/c1-6(3-11(14)18)16-12(19)7-4-9(15-2)8(13)5-10(7)17(20)21/h4-6,15H,3H2,1-2H3,(H2,14,18)(H,16,19). The molecule has 0 saturated heterocycles. The van der Waals surface area contributed by atoms with Crippen LogP contribution in [0.1, 0.15) is 23.7 Å². The van der Waals surface area contributed by atoms with Crippen LogP contribution in [0.3, 0.4) is 0 Å². The van der Waals surface area contributed by atoms with Crippen molar-refractivity contribution in [1.29, 1.82) is 0 Å². The van der Waals surface area contributed by atoms with Crippen molar-refractivity contribution >= 4 is 23.2 Å². The second kappa shape index (κ2) is 6.64. The first-order valence-electron chi connectivity index (χ1n) is 6.01. The first-order chi connectivity index (χ1) is 9.76. The van der Waals surface area contributed by atoms with Crippen molar-refractivity contribution in [3.8, 4) is 0 Å². The van der Waals surface area contributed by atoms with Gasteiger partial charge in [-0.1, -0.05) is 0 Å². The van der Waals surface area contributed by atoms with Crippen molar-refractivity contribution in [3.05, 3.63) is 33.6 Å². The summed E-state index contributed by atoms with van der Waals surface area (Å²) in [5, 5.41) is 15.8. The molecule has 1 rings (SSSR count). The number of halogens is 1. The number of hydrogen-bond donors (Lipinski definition) is 3. The molecule has 0 aromatic heterocycles. The van der Waals surface area contributed by atoms with Gasteiger partial charge in [0.25, 0.3) is 11.6 Å². The monoisotopic (exact) mass is 298 g/mol. The molecule has 1 aromatic rings. The maximum Gasteiger partial charge on any atom is 0.285 e. The summed E-state index contributed by atoms with van der Waals surface area (Å²) < 4.78 is 13.5. The highest BCUT2D eigenvalue weighted by molar-refractivity contribution is 5.99. The van der Waals surface area contributed by atoms with Gasteiger partial charge in [0.1, 0.15) is 5.56 Å². The van der Waals surface area contributed by atoms with E-state index in [0.29, 0.717) is 6.07 Å². The number of rotatable bonds is 6. The average Bonchev–Trinajstić information content (AvgIpc) is 2.36. The molecule has 0 aliphatic rings. The number of anilines is 1. The van der Waals surface area contributed by atoms with Crippen LogP contribution in [0.2, 0.25) is 0 Å². The number of nitro groups is 1. The van der Waals surface area contributed by atoms with Crippen LogP contribution in [-0.4, -0.2) is 29.8 Å². The predicted molar refractivity (Wildman–Crippen MR) is 73.3 cm³/mol. The van der Waals surface area contributed by atoms with Crippen LogP contribution in [0.5, 0.6) is 0 Å². The van der Waals surface area contributed by atoms with E-state index < -0.39 is 34.3 Å². The summed E-state index contributed by atoms with van der Waals surface area (Å²) in [4.78, 5) is 32.8. The molecule has 114 valence electrons. The van der Waals surface area contributed by atoms with E-state index in [1.165, 1.54) is 14.0 Å². The van der Waals surface area contributed by atoms with Gasteiger partial charge in [0.2, 0.25) is 5.91 Å². The van der Waals surface area contributed by atoms with Gasteiger partial charge in [0.05, 0.1) is 16.7 Å². The average molecular weight is 298 g/mol. The summed E-state index contributed by atoms with van der Waals surface area (Å²) in [7, 11) is 1.42. The topological polar surface area (TPSA) is 127 Å². The molecule has 0 aliphatic heterocycles. The zero-order valence-corrected chi connectivity index (χ0v) is 11.5. The first-order valence-corrected chi connectivity index (χ1v) is 6.01. The maximum absolute atomic E-state index is 13.5. The third-order valence-corrected chi connectivity index (χ3v) is 2.68. The Balaban J connectivity index is 3.12. The molecular formula is C12H15FN4O4. The molecule has 0 heterocycles. The lowest BCUT2D eigenvalue weighted by atomic mass is 10.1. The van der Waals surface area contributed by atoms with Crippen molar-refractivity contribution < 1.29 is 18.9 Å². The second-order valence-corrected chi connectivity index (χ2v) is 4.40. The number of amides is 2. The number of nitrogens with two attached hydrogens (primary N) is 1. The van der Waals surface area contributed by atoms with Crippen molar-refractivity contribution in [2.24, 2.45) is 5.73 Å². The maximum atomic E-state index is 13.5. The lowest BCUT2D eigenvalue weighted by Gasteiger charge is -2.13. The van der Waals surface area contributed by atoms with Gasteiger partial charge in [0.15, 0.2) is 5.82 Å². The fraction of sp³-hybridized carbons (Fsp3) is 0.333. The van der Waals surface area contributed by atoms with Crippen LogP contribution in [0.15, 0.2) is 12.1 Å².